The fourth-order valence-corrected chi connectivity index (χ4v) is 4.24. The normalized spacial score (nSPS) is 21.2. The standard InChI is InChI=1S/C22H37N5O/c1-4-23-22(27-12-10-20(18-27)26-14-16-28-17-15-26)24-11-13-25(5-2)21-9-7-6-8-19(21)3/h6-9,20H,4-5,10-18H2,1-3H3,(H,23,24). The van der Waals surface area contributed by atoms with Crippen molar-refractivity contribution in [3.8, 4) is 0 Å². The predicted molar refractivity (Wildman–Crippen MR) is 117 cm³/mol. The Morgan fingerprint density at radius 3 is 2.71 bits per heavy atom. The summed E-state index contributed by atoms with van der Waals surface area (Å²) in [6, 6.07) is 9.25. The third-order valence-electron chi connectivity index (χ3n) is 5.83. The number of hydrogen-bond donors (Lipinski definition) is 1. The van der Waals surface area contributed by atoms with E-state index in [1.165, 1.54) is 17.7 Å². The average molecular weight is 388 g/mol. The number of nitrogens with one attached hydrogen (secondary N) is 1. The maximum atomic E-state index is 5.51. The zero-order chi connectivity index (χ0) is 19.8. The first-order chi connectivity index (χ1) is 13.7. The van der Waals surface area contributed by atoms with Crippen LogP contribution >= 0.6 is 0 Å². The van der Waals surface area contributed by atoms with Gasteiger partial charge in [0.15, 0.2) is 5.96 Å². The minimum Gasteiger partial charge on any atom is -0.379 e. The maximum Gasteiger partial charge on any atom is 0.194 e. The Bertz CT molecular complexity index is 629. The van der Waals surface area contributed by atoms with Gasteiger partial charge in [0.05, 0.1) is 19.8 Å². The molecule has 0 bridgehead atoms. The molecule has 0 radical (unpaired) electrons. The Kier molecular flexibility index (Phi) is 7.98. The highest BCUT2D eigenvalue weighted by atomic mass is 16.5. The molecule has 0 aromatic heterocycles. The van der Waals surface area contributed by atoms with Gasteiger partial charge >= 0.3 is 0 Å². The van der Waals surface area contributed by atoms with Crippen molar-refractivity contribution in [1.82, 2.24) is 15.1 Å². The van der Waals surface area contributed by atoms with Crippen LogP contribution in [-0.2, 0) is 4.74 Å². The van der Waals surface area contributed by atoms with Crippen LogP contribution in [0.5, 0.6) is 0 Å². The van der Waals surface area contributed by atoms with Gasteiger partial charge in [-0.15, -0.1) is 0 Å². The summed E-state index contributed by atoms with van der Waals surface area (Å²) in [5, 5.41) is 3.51. The van der Waals surface area contributed by atoms with E-state index in [0.717, 1.165) is 71.5 Å². The van der Waals surface area contributed by atoms with E-state index < -0.39 is 0 Å². The van der Waals surface area contributed by atoms with Crippen LogP contribution in [0.25, 0.3) is 0 Å². The van der Waals surface area contributed by atoms with Crippen LogP contribution in [0.1, 0.15) is 25.8 Å². The Hall–Kier alpha value is -1.79. The molecule has 3 rings (SSSR count). The number of likely N-dealkylation sites (tertiary alicyclic amines) is 1. The lowest BCUT2D eigenvalue weighted by Crippen LogP contribution is -2.46. The topological polar surface area (TPSA) is 43.3 Å². The summed E-state index contributed by atoms with van der Waals surface area (Å²) in [6.45, 7) is 16.2. The predicted octanol–water partition coefficient (Wildman–Crippen LogP) is 2.19. The molecule has 1 unspecified atom stereocenters. The fourth-order valence-electron chi connectivity index (χ4n) is 4.24. The monoisotopic (exact) mass is 387 g/mol. The quantitative estimate of drug-likeness (QED) is 0.574. The highest BCUT2D eigenvalue weighted by Gasteiger charge is 2.30. The van der Waals surface area contributed by atoms with Crippen molar-refractivity contribution in [1.29, 1.82) is 0 Å². The zero-order valence-electron chi connectivity index (χ0n) is 17.9. The SMILES string of the molecule is CCNC(=NCCN(CC)c1ccccc1C)N1CCC(N2CCOCC2)C1. The Labute approximate surface area is 170 Å². The van der Waals surface area contributed by atoms with Gasteiger partial charge in [-0.25, -0.2) is 0 Å². The number of guanidine groups is 1. The van der Waals surface area contributed by atoms with Gasteiger partial charge in [-0.3, -0.25) is 9.89 Å². The molecule has 2 saturated heterocycles. The molecule has 0 aliphatic carbocycles. The highest BCUT2D eigenvalue weighted by Crippen LogP contribution is 2.19. The van der Waals surface area contributed by atoms with Crippen molar-refractivity contribution >= 4 is 11.6 Å². The molecule has 156 valence electrons. The van der Waals surface area contributed by atoms with Gasteiger partial charge in [-0.1, -0.05) is 18.2 Å². The number of anilines is 1. The third-order valence-corrected chi connectivity index (χ3v) is 5.83. The lowest BCUT2D eigenvalue weighted by Gasteiger charge is -2.32. The number of aliphatic imine (C=N–C) groups is 1. The Morgan fingerprint density at radius 2 is 2.00 bits per heavy atom. The van der Waals surface area contributed by atoms with Gasteiger partial charge in [0.2, 0.25) is 0 Å². The van der Waals surface area contributed by atoms with Crippen LogP contribution < -0.4 is 10.2 Å². The van der Waals surface area contributed by atoms with Crippen molar-refractivity contribution in [3.63, 3.8) is 0 Å². The van der Waals surface area contributed by atoms with Gasteiger partial charge in [0.1, 0.15) is 0 Å². The summed E-state index contributed by atoms with van der Waals surface area (Å²) >= 11 is 0. The van der Waals surface area contributed by atoms with Crippen LogP contribution in [0.15, 0.2) is 29.3 Å². The molecular weight excluding hydrogens is 350 g/mol. The first-order valence-corrected chi connectivity index (χ1v) is 10.9. The minimum absolute atomic E-state index is 0.631. The van der Waals surface area contributed by atoms with Gasteiger partial charge in [-0.2, -0.15) is 0 Å². The summed E-state index contributed by atoms with van der Waals surface area (Å²) in [5.74, 6) is 1.07. The molecule has 0 amide bonds. The van der Waals surface area contributed by atoms with Crippen molar-refractivity contribution in [2.45, 2.75) is 33.2 Å². The molecule has 28 heavy (non-hydrogen) atoms. The first kappa shape index (κ1) is 20.9. The number of likely N-dealkylation sites (N-methyl/N-ethyl adjacent to an activating group) is 1. The largest absolute Gasteiger partial charge is 0.379 e. The Balaban J connectivity index is 1.57. The number of aryl methyl sites for hydroxylation is 1. The molecule has 0 saturated carbocycles. The second-order valence-corrected chi connectivity index (χ2v) is 7.64. The van der Waals surface area contributed by atoms with E-state index >= 15 is 0 Å². The van der Waals surface area contributed by atoms with E-state index in [1.807, 2.05) is 0 Å². The molecule has 1 aromatic rings. The van der Waals surface area contributed by atoms with Gasteiger partial charge in [0.25, 0.3) is 0 Å². The number of morpholine rings is 1. The second-order valence-electron chi connectivity index (χ2n) is 7.64. The molecule has 2 fully saturated rings. The second kappa shape index (κ2) is 10.7. The molecule has 2 heterocycles. The number of para-hydroxylation sites is 1. The van der Waals surface area contributed by atoms with Gasteiger partial charge < -0.3 is 19.9 Å². The minimum atomic E-state index is 0.631. The van der Waals surface area contributed by atoms with E-state index in [1.54, 1.807) is 0 Å². The van der Waals surface area contributed by atoms with Crippen LogP contribution in [-0.4, -0.2) is 87.4 Å². The summed E-state index contributed by atoms with van der Waals surface area (Å²) in [4.78, 5) is 12.4. The maximum absolute atomic E-state index is 5.51. The number of nitrogens with zero attached hydrogens (tertiary/aromatic N) is 4. The fraction of sp³-hybridized carbons (Fsp3) is 0.682. The number of ether oxygens (including phenoxy) is 1. The van der Waals surface area contributed by atoms with Crippen LogP contribution in [0.4, 0.5) is 5.69 Å². The third kappa shape index (κ3) is 5.39. The van der Waals surface area contributed by atoms with Crippen molar-refractivity contribution in [2.24, 2.45) is 4.99 Å². The van der Waals surface area contributed by atoms with Crippen molar-refractivity contribution in [3.05, 3.63) is 29.8 Å². The average Bonchev–Trinajstić information content (AvgIpc) is 3.22. The van der Waals surface area contributed by atoms with Crippen LogP contribution in [0.2, 0.25) is 0 Å². The molecule has 6 nitrogen and oxygen atoms in total. The van der Waals surface area contributed by atoms with E-state index in [4.69, 9.17) is 9.73 Å². The molecule has 0 spiro atoms. The number of rotatable bonds is 7. The molecule has 6 heteroatoms. The van der Waals surface area contributed by atoms with Gasteiger partial charge in [0, 0.05) is 57.5 Å². The van der Waals surface area contributed by atoms with Crippen molar-refractivity contribution in [2.75, 3.05) is 70.5 Å². The zero-order valence-corrected chi connectivity index (χ0v) is 17.9. The summed E-state index contributed by atoms with van der Waals surface area (Å²) in [7, 11) is 0. The van der Waals surface area contributed by atoms with Crippen LogP contribution in [0, 0.1) is 6.92 Å². The molecule has 1 atom stereocenters. The smallest absolute Gasteiger partial charge is 0.194 e. The summed E-state index contributed by atoms with van der Waals surface area (Å²) in [5.41, 5.74) is 2.65. The Morgan fingerprint density at radius 1 is 1.21 bits per heavy atom. The van der Waals surface area contributed by atoms with Crippen LogP contribution in [0.3, 0.4) is 0 Å². The molecule has 2 aliphatic rings. The summed E-state index contributed by atoms with van der Waals surface area (Å²) in [6.07, 6.45) is 1.22. The van der Waals surface area contributed by atoms with Gasteiger partial charge in [-0.05, 0) is 38.8 Å². The van der Waals surface area contributed by atoms with E-state index in [9.17, 15) is 0 Å². The van der Waals surface area contributed by atoms with E-state index in [2.05, 4.69) is 65.1 Å². The van der Waals surface area contributed by atoms with Crippen molar-refractivity contribution < 1.29 is 4.74 Å². The first-order valence-electron chi connectivity index (χ1n) is 10.9. The summed E-state index contributed by atoms with van der Waals surface area (Å²) < 4.78 is 5.51. The lowest BCUT2D eigenvalue weighted by atomic mass is 10.2. The molecular formula is C22H37N5O. The highest BCUT2D eigenvalue weighted by molar-refractivity contribution is 5.80. The van der Waals surface area contributed by atoms with E-state index in [-0.39, 0.29) is 0 Å². The number of benzene rings is 1. The van der Waals surface area contributed by atoms with E-state index in [0.29, 0.717) is 6.04 Å². The molecule has 1 N–H and O–H groups in total. The molecule has 1 aromatic carbocycles. The molecule has 2 aliphatic heterocycles. The lowest BCUT2D eigenvalue weighted by molar-refractivity contribution is 0.0195. The number of hydrogen-bond acceptors (Lipinski definition) is 4.